The molecule has 0 fully saturated rings. The predicted octanol–water partition coefficient (Wildman–Crippen LogP) is 3.25. The summed E-state index contributed by atoms with van der Waals surface area (Å²) in [4.78, 5) is 9.06. The van der Waals surface area contributed by atoms with E-state index in [4.69, 9.17) is 0 Å². The monoisotopic (exact) mass is 260 g/mol. The summed E-state index contributed by atoms with van der Waals surface area (Å²) in [6.07, 6.45) is 1.71. The van der Waals surface area contributed by atoms with Gasteiger partial charge < -0.3 is 0 Å². The molecule has 0 atom stereocenters. The van der Waals surface area contributed by atoms with E-state index in [1.54, 1.807) is 10.8 Å². The Balaban J connectivity index is 2.01. The van der Waals surface area contributed by atoms with Crippen LogP contribution in [0.25, 0.3) is 27.9 Å². The van der Waals surface area contributed by atoms with Gasteiger partial charge in [0.15, 0.2) is 11.5 Å². The maximum Gasteiger partial charge on any atom is 0.182 e. The van der Waals surface area contributed by atoms with Gasteiger partial charge in [-0.1, -0.05) is 35.9 Å². The molecule has 4 heteroatoms. The Morgan fingerprint density at radius 1 is 1.00 bits per heavy atom. The smallest absolute Gasteiger partial charge is 0.182 e. The van der Waals surface area contributed by atoms with Crippen molar-refractivity contribution >= 4 is 16.6 Å². The molecule has 0 aliphatic rings. The van der Waals surface area contributed by atoms with E-state index >= 15 is 0 Å². The Morgan fingerprint density at radius 3 is 2.80 bits per heavy atom. The van der Waals surface area contributed by atoms with Gasteiger partial charge in [0.25, 0.3) is 0 Å². The fourth-order valence-corrected chi connectivity index (χ4v) is 2.39. The molecule has 0 bridgehead atoms. The molecule has 0 aliphatic heterocycles. The van der Waals surface area contributed by atoms with Crippen molar-refractivity contribution in [1.29, 1.82) is 0 Å². The Hall–Kier alpha value is -2.75. The average molecular weight is 260 g/mol. The summed E-state index contributed by atoms with van der Waals surface area (Å²) in [7, 11) is 0. The van der Waals surface area contributed by atoms with Crippen LogP contribution >= 0.6 is 0 Å². The highest BCUT2D eigenvalue weighted by Gasteiger charge is 2.09. The van der Waals surface area contributed by atoms with Crippen molar-refractivity contribution in [3.05, 3.63) is 60.4 Å². The summed E-state index contributed by atoms with van der Waals surface area (Å²) in [5, 5.41) is 5.53. The van der Waals surface area contributed by atoms with Crippen LogP contribution in [0.2, 0.25) is 0 Å². The molecule has 2 aromatic carbocycles. The molecule has 0 N–H and O–H groups in total. The lowest BCUT2D eigenvalue weighted by Crippen LogP contribution is -1.90. The number of fused-ring (bicyclic) bond motifs is 3. The minimum absolute atomic E-state index is 0.729. The summed E-state index contributed by atoms with van der Waals surface area (Å²) in [6.45, 7) is 2.07. The molecule has 0 saturated heterocycles. The average Bonchev–Trinajstić information content (AvgIpc) is 2.92. The highest BCUT2D eigenvalue weighted by Crippen LogP contribution is 2.21. The molecule has 2 heterocycles. The van der Waals surface area contributed by atoms with Gasteiger partial charge in [0.05, 0.1) is 5.52 Å². The molecule has 0 amide bonds. The molecule has 0 spiro atoms. The van der Waals surface area contributed by atoms with E-state index in [1.807, 2.05) is 36.4 Å². The number of hydrogen-bond donors (Lipinski definition) is 0. The van der Waals surface area contributed by atoms with Crippen molar-refractivity contribution in [2.45, 2.75) is 6.92 Å². The molecule has 0 aliphatic carbocycles. The summed E-state index contributed by atoms with van der Waals surface area (Å²) in [6, 6.07) is 16.2. The van der Waals surface area contributed by atoms with Crippen LogP contribution in [0, 0.1) is 6.92 Å². The Bertz CT molecular complexity index is 924. The van der Waals surface area contributed by atoms with Crippen molar-refractivity contribution in [2.24, 2.45) is 0 Å². The van der Waals surface area contributed by atoms with Crippen LogP contribution in [0.15, 0.2) is 54.9 Å². The second kappa shape index (κ2) is 4.13. The van der Waals surface area contributed by atoms with Gasteiger partial charge in [-0.05, 0) is 25.1 Å². The van der Waals surface area contributed by atoms with Gasteiger partial charge in [0.1, 0.15) is 6.33 Å². The van der Waals surface area contributed by atoms with Crippen molar-refractivity contribution in [3.8, 4) is 11.4 Å². The lowest BCUT2D eigenvalue weighted by Gasteiger charge is -1.96. The van der Waals surface area contributed by atoms with Crippen molar-refractivity contribution in [3.63, 3.8) is 0 Å². The van der Waals surface area contributed by atoms with Gasteiger partial charge >= 0.3 is 0 Å². The minimum atomic E-state index is 0.729. The summed E-state index contributed by atoms with van der Waals surface area (Å²) in [5.41, 5.74) is 4.00. The molecule has 0 unspecified atom stereocenters. The van der Waals surface area contributed by atoms with Crippen LogP contribution in [-0.2, 0) is 0 Å². The first-order valence-corrected chi connectivity index (χ1v) is 6.48. The third-order valence-corrected chi connectivity index (χ3v) is 3.36. The Labute approximate surface area is 115 Å². The number of aryl methyl sites for hydroxylation is 1. The molecule has 4 rings (SSSR count). The van der Waals surface area contributed by atoms with E-state index in [1.165, 1.54) is 5.56 Å². The lowest BCUT2D eigenvalue weighted by molar-refractivity contribution is 0.938. The first-order chi connectivity index (χ1) is 9.81. The maximum atomic E-state index is 4.66. The van der Waals surface area contributed by atoms with Gasteiger partial charge in [-0.15, -0.1) is 5.10 Å². The van der Waals surface area contributed by atoms with Crippen molar-refractivity contribution in [2.75, 3.05) is 0 Å². The topological polar surface area (TPSA) is 43.1 Å². The van der Waals surface area contributed by atoms with Crippen LogP contribution in [0.4, 0.5) is 0 Å². The zero-order chi connectivity index (χ0) is 13.5. The largest absolute Gasteiger partial charge is 0.236 e. The van der Waals surface area contributed by atoms with Gasteiger partial charge in [0.2, 0.25) is 0 Å². The van der Waals surface area contributed by atoms with Crippen LogP contribution in [-0.4, -0.2) is 19.6 Å². The van der Waals surface area contributed by atoms with Gasteiger partial charge in [0, 0.05) is 10.9 Å². The number of rotatable bonds is 1. The molecule has 4 nitrogen and oxygen atoms in total. The number of para-hydroxylation sites is 1. The van der Waals surface area contributed by atoms with E-state index in [0.29, 0.717) is 0 Å². The highest BCUT2D eigenvalue weighted by molar-refractivity contribution is 5.91. The first-order valence-electron chi connectivity index (χ1n) is 6.48. The van der Waals surface area contributed by atoms with Gasteiger partial charge in [-0.2, -0.15) is 0 Å². The zero-order valence-corrected chi connectivity index (χ0v) is 11.0. The highest BCUT2D eigenvalue weighted by atomic mass is 15.3. The Morgan fingerprint density at radius 2 is 1.90 bits per heavy atom. The second-order valence-electron chi connectivity index (χ2n) is 4.83. The molecule has 20 heavy (non-hydrogen) atoms. The van der Waals surface area contributed by atoms with Crippen molar-refractivity contribution < 1.29 is 0 Å². The number of nitrogens with zero attached hydrogens (tertiary/aromatic N) is 4. The van der Waals surface area contributed by atoms with E-state index in [2.05, 4.69) is 34.1 Å². The summed E-state index contributed by atoms with van der Waals surface area (Å²) < 4.78 is 1.74. The molecular weight excluding hydrogens is 248 g/mol. The van der Waals surface area contributed by atoms with E-state index in [9.17, 15) is 0 Å². The number of benzene rings is 2. The Kier molecular flexibility index (Phi) is 2.29. The molecule has 0 saturated carbocycles. The number of hydrogen-bond acceptors (Lipinski definition) is 3. The maximum absolute atomic E-state index is 4.66. The third-order valence-electron chi connectivity index (χ3n) is 3.36. The van der Waals surface area contributed by atoms with E-state index in [0.717, 1.165) is 27.9 Å². The molecule has 2 aromatic heterocycles. The van der Waals surface area contributed by atoms with Gasteiger partial charge in [-0.3, -0.25) is 0 Å². The number of aromatic nitrogens is 4. The second-order valence-corrected chi connectivity index (χ2v) is 4.83. The predicted molar refractivity (Wildman–Crippen MR) is 78.5 cm³/mol. The van der Waals surface area contributed by atoms with E-state index < -0.39 is 0 Å². The molecular formula is C16H12N4. The van der Waals surface area contributed by atoms with Crippen molar-refractivity contribution in [1.82, 2.24) is 19.6 Å². The lowest BCUT2D eigenvalue weighted by atomic mass is 10.1. The van der Waals surface area contributed by atoms with Crippen LogP contribution in [0.3, 0.4) is 0 Å². The molecule has 0 radical (unpaired) electrons. The standard InChI is InChI=1S/C16H12N4/c1-11-5-4-6-12(9-11)15-18-16-13-7-2-3-8-14(13)17-10-20(16)19-15/h2-10H,1H3. The normalized spacial score (nSPS) is 11.2. The third kappa shape index (κ3) is 1.66. The molecule has 96 valence electrons. The van der Waals surface area contributed by atoms with Crippen LogP contribution in [0.5, 0.6) is 0 Å². The van der Waals surface area contributed by atoms with Crippen LogP contribution < -0.4 is 0 Å². The minimum Gasteiger partial charge on any atom is -0.236 e. The van der Waals surface area contributed by atoms with Crippen LogP contribution in [0.1, 0.15) is 5.56 Å². The van der Waals surface area contributed by atoms with E-state index in [-0.39, 0.29) is 0 Å². The summed E-state index contributed by atoms with van der Waals surface area (Å²) in [5.74, 6) is 0.729. The quantitative estimate of drug-likeness (QED) is 0.527. The fraction of sp³-hybridized carbons (Fsp3) is 0.0625. The first kappa shape index (κ1) is 11.1. The summed E-state index contributed by atoms with van der Waals surface area (Å²) >= 11 is 0. The molecule has 4 aromatic rings. The SMILES string of the molecule is Cc1cccc(-c2nc3c4ccccc4ncn3n2)c1. The fourth-order valence-electron chi connectivity index (χ4n) is 2.39. The van der Waals surface area contributed by atoms with Gasteiger partial charge in [-0.25, -0.2) is 14.5 Å². The zero-order valence-electron chi connectivity index (χ0n) is 11.0.